The number of aliphatic hydroxyl groups excluding tert-OH is 1. The average molecular weight is 512 g/mol. The minimum Gasteiger partial charge on any atom is -1.00 e. The van der Waals surface area contributed by atoms with Gasteiger partial charge in [-0.25, -0.2) is 0 Å². The van der Waals surface area contributed by atoms with Gasteiger partial charge in [-0.05, 0) is 0 Å². The van der Waals surface area contributed by atoms with Crippen LogP contribution < -0.4 is 35.3 Å². The van der Waals surface area contributed by atoms with Crippen molar-refractivity contribution in [3.05, 3.63) is 109 Å². The van der Waals surface area contributed by atoms with E-state index in [1.54, 1.807) is 0 Å². The number of hydrogen-bond donors (Lipinski definition) is 1. The molecule has 5 rings (SSSR count). The molecule has 2 aliphatic carbocycles. The Morgan fingerprint density at radius 3 is 2.33 bits per heavy atom. The van der Waals surface area contributed by atoms with E-state index in [0.29, 0.717) is 6.42 Å². The first-order valence-electron chi connectivity index (χ1n) is 9.79. The summed E-state index contributed by atoms with van der Waals surface area (Å²) in [6.07, 6.45) is 5.24. The fraction of sp³-hybridized carbons (Fsp3) is 0.154. The third-order valence-electron chi connectivity index (χ3n) is 6.03. The third kappa shape index (κ3) is 3.49. The van der Waals surface area contributed by atoms with Crippen LogP contribution in [0.25, 0.3) is 15.4 Å². The molecule has 0 bridgehead atoms. The molecule has 149 valence electrons. The number of aliphatic hydroxyl groups is 1. The number of rotatable bonds is 3. The van der Waals surface area contributed by atoms with Crippen LogP contribution in [0.5, 0.6) is 0 Å². The van der Waals surface area contributed by atoms with Gasteiger partial charge in [0.2, 0.25) is 0 Å². The summed E-state index contributed by atoms with van der Waals surface area (Å²) in [5, 5.41) is 15.1. The first-order chi connectivity index (χ1) is 13.7. The fourth-order valence-electron chi connectivity index (χ4n) is 4.84. The van der Waals surface area contributed by atoms with Crippen molar-refractivity contribution >= 4 is 15.4 Å². The molecule has 1 nitrogen and oxygen atoms in total. The quantitative estimate of drug-likeness (QED) is 0.420. The van der Waals surface area contributed by atoms with E-state index < -0.39 is 0 Å². The van der Waals surface area contributed by atoms with E-state index in [1.807, 2.05) is 0 Å². The van der Waals surface area contributed by atoms with Crippen molar-refractivity contribution in [2.75, 3.05) is 6.61 Å². The summed E-state index contributed by atoms with van der Waals surface area (Å²) in [6.45, 7) is 2.32. The van der Waals surface area contributed by atoms with E-state index in [-0.39, 0.29) is 37.3 Å². The van der Waals surface area contributed by atoms with Gasteiger partial charge in [0.25, 0.3) is 0 Å². The molecule has 4 heteroatoms. The van der Waals surface area contributed by atoms with Crippen LogP contribution in [0.15, 0.2) is 66.2 Å². The standard InChI is InChI=1S/C26H21O.2ClH.Zr/c1-2-17-11-12-23-21-9-5-3-8-19(21)16-24(23)25(17)26-20(13-14-27)15-18-7-4-6-10-22(18)26;;;/h2-12,15,26-27H,13-14H2,1H3;2*1H;/q;;;+2/p-2. The molecule has 0 radical (unpaired) electrons. The Kier molecular flexibility index (Phi) is 7.25. The first kappa shape index (κ1) is 23.2. The second-order valence-corrected chi connectivity index (χ2v) is 8.68. The topological polar surface area (TPSA) is 20.2 Å². The summed E-state index contributed by atoms with van der Waals surface area (Å²) in [6, 6.07) is 22.0. The van der Waals surface area contributed by atoms with Crippen LogP contribution in [-0.2, 0) is 24.7 Å². The fourth-order valence-corrected chi connectivity index (χ4v) is 6.04. The van der Waals surface area contributed by atoms with Gasteiger partial charge in [-0.2, -0.15) is 0 Å². The minimum atomic E-state index is 0. The molecule has 0 saturated heterocycles. The van der Waals surface area contributed by atoms with Gasteiger partial charge < -0.3 is 24.8 Å². The number of benzene rings is 3. The number of hydrogen-bond acceptors (Lipinski definition) is 1. The summed E-state index contributed by atoms with van der Waals surface area (Å²) < 4.78 is 1.45. The average Bonchev–Trinajstić information content (AvgIpc) is 3.23. The smallest absolute Gasteiger partial charge is 1.00 e. The zero-order valence-electron chi connectivity index (χ0n) is 16.6. The summed E-state index contributed by atoms with van der Waals surface area (Å²) in [5.74, 6) is 0.217. The largest absolute Gasteiger partial charge is 1.00 e. The van der Waals surface area contributed by atoms with E-state index in [9.17, 15) is 5.11 Å². The van der Waals surface area contributed by atoms with Crippen LogP contribution in [-0.4, -0.2) is 11.7 Å². The van der Waals surface area contributed by atoms with Crippen LogP contribution in [0.2, 0.25) is 0 Å². The van der Waals surface area contributed by atoms with Gasteiger partial charge in [0.05, 0.1) is 0 Å². The Labute approximate surface area is 204 Å². The predicted octanol–water partition coefficient (Wildman–Crippen LogP) is -2.29. The Morgan fingerprint density at radius 1 is 0.900 bits per heavy atom. The molecule has 30 heavy (non-hydrogen) atoms. The Bertz CT molecular complexity index is 1360. The van der Waals surface area contributed by atoms with Crippen LogP contribution >= 0.6 is 0 Å². The van der Waals surface area contributed by atoms with Gasteiger partial charge in [-0.1, -0.05) is 0 Å². The molecule has 0 spiro atoms. The van der Waals surface area contributed by atoms with Gasteiger partial charge >= 0.3 is 180 Å². The molecule has 3 aromatic carbocycles. The molecule has 0 aliphatic heterocycles. The Morgan fingerprint density at radius 2 is 1.60 bits per heavy atom. The molecule has 0 heterocycles. The molecular formula is C26H21Cl2OZr. The van der Waals surface area contributed by atoms with Gasteiger partial charge in [-0.15, -0.1) is 0 Å². The van der Waals surface area contributed by atoms with Crippen molar-refractivity contribution in [2.24, 2.45) is 0 Å². The van der Waals surface area contributed by atoms with E-state index in [2.05, 4.69) is 79.7 Å². The van der Waals surface area contributed by atoms with Crippen molar-refractivity contribution < 1.29 is 54.6 Å². The predicted molar refractivity (Wildman–Crippen MR) is 110 cm³/mol. The van der Waals surface area contributed by atoms with Crippen LogP contribution in [0.1, 0.15) is 41.5 Å². The van der Waals surface area contributed by atoms with Crippen molar-refractivity contribution in [1.82, 2.24) is 0 Å². The maximum atomic E-state index is 9.73. The number of fused-ring (bicyclic) bond motifs is 3. The summed E-state index contributed by atoms with van der Waals surface area (Å²) >= 11 is 1.45. The van der Waals surface area contributed by atoms with Crippen molar-refractivity contribution in [1.29, 1.82) is 0 Å². The van der Waals surface area contributed by atoms with Crippen LogP contribution in [0.4, 0.5) is 0 Å². The molecule has 3 aromatic rings. The van der Waals surface area contributed by atoms with Gasteiger partial charge in [0, 0.05) is 0 Å². The summed E-state index contributed by atoms with van der Waals surface area (Å²) in [4.78, 5) is 0. The molecule has 0 fully saturated rings. The second-order valence-electron chi connectivity index (χ2n) is 7.46. The third-order valence-corrected chi connectivity index (χ3v) is 7.31. The zero-order valence-corrected chi connectivity index (χ0v) is 20.6. The molecule has 2 aliphatic rings. The monoisotopic (exact) mass is 509 g/mol. The molecule has 1 N–H and O–H groups in total. The molecular weight excluding hydrogens is 490 g/mol. The van der Waals surface area contributed by atoms with Crippen LogP contribution in [0, 0.1) is 10.4 Å². The summed E-state index contributed by atoms with van der Waals surface area (Å²) in [7, 11) is 0. The summed E-state index contributed by atoms with van der Waals surface area (Å²) in [5.41, 5.74) is 6.80. The van der Waals surface area contributed by atoms with E-state index in [1.165, 1.54) is 76.7 Å². The maximum absolute atomic E-state index is 9.73. The normalized spacial score (nSPS) is 16.3. The molecule has 1 atom stereocenters. The SMILES string of the molecule is CC=c1ccc2c(c1C1C(CCO)=Cc3ccccc31)[C]([Zr+2])=c1ccccc1=2.[Cl-].[Cl-]. The maximum Gasteiger partial charge on any atom is -1.00 e. The van der Waals surface area contributed by atoms with Gasteiger partial charge in [0.15, 0.2) is 0 Å². The van der Waals surface area contributed by atoms with Crippen molar-refractivity contribution in [3.8, 4) is 0 Å². The van der Waals surface area contributed by atoms with E-state index in [0.717, 1.165) is 0 Å². The molecule has 0 saturated carbocycles. The molecule has 0 amide bonds. The van der Waals surface area contributed by atoms with Gasteiger partial charge in [0.1, 0.15) is 0 Å². The molecule has 1 unspecified atom stereocenters. The first-order valence-corrected chi connectivity index (χ1v) is 11.0. The van der Waals surface area contributed by atoms with Crippen molar-refractivity contribution in [2.45, 2.75) is 19.3 Å². The Hall–Kier alpha value is -1.44. The Balaban J connectivity index is 0.00000128. The molecule has 0 aromatic heterocycles. The second kappa shape index (κ2) is 9.37. The zero-order chi connectivity index (χ0) is 19.3. The van der Waals surface area contributed by atoms with Crippen LogP contribution in [0.3, 0.4) is 0 Å². The number of halogens is 2. The van der Waals surface area contributed by atoms with Crippen molar-refractivity contribution in [3.63, 3.8) is 0 Å². The van der Waals surface area contributed by atoms with Gasteiger partial charge in [-0.3, -0.25) is 0 Å². The minimum absolute atomic E-state index is 0. The van der Waals surface area contributed by atoms with E-state index >= 15 is 0 Å². The van der Waals surface area contributed by atoms with E-state index in [4.69, 9.17) is 0 Å².